The van der Waals surface area contributed by atoms with Crippen LogP contribution in [0.5, 0.6) is 0 Å². The van der Waals surface area contributed by atoms with Crippen molar-refractivity contribution < 1.29 is 0 Å². The summed E-state index contributed by atoms with van der Waals surface area (Å²) < 4.78 is 0. The van der Waals surface area contributed by atoms with Crippen LogP contribution in [-0.2, 0) is 6.42 Å². The van der Waals surface area contributed by atoms with Crippen LogP contribution < -0.4 is 5.73 Å². The van der Waals surface area contributed by atoms with Gasteiger partial charge in [-0.15, -0.1) is 0 Å². The molecule has 0 radical (unpaired) electrons. The molecule has 1 aromatic heterocycles. The zero-order valence-electron chi connectivity index (χ0n) is 8.21. The number of pyridine rings is 1. The highest BCUT2D eigenvalue weighted by atomic mass is 32.2. The Morgan fingerprint density at radius 1 is 1.54 bits per heavy atom. The van der Waals surface area contributed by atoms with E-state index in [1.165, 1.54) is 23.3 Å². The van der Waals surface area contributed by atoms with Crippen molar-refractivity contribution >= 4 is 17.6 Å². The van der Waals surface area contributed by atoms with E-state index in [0.717, 1.165) is 6.42 Å². The van der Waals surface area contributed by atoms with E-state index < -0.39 is 0 Å². The van der Waals surface area contributed by atoms with Crippen molar-refractivity contribution in [3.8, 4) is 0 Å². The largest absolute Gasteiger partial charge is 0.383 e. The summed E-state index contributed by atoms with van der Waals surface area (Å²) in [6.45, 7) is 2.09. The predicted octanol–water partition coefficient (Wildman–Crippen LogP) is 2.27. The monoisotopic (exact) mass is 196 g/mol. The van der Waals surface area contributed by atoms with Gasteiger partial charge in [0.25, 0.3) is 0 Å². The fourth-order valence-electron chi connectivity index (χ4n) is 1.33. The maximum absolute atomic E-state index is 5.79. The molecule has 0 unspecified atom stereocenters. The van der Waals surface area contributed by atoms with Crippen LogP contribution in [-0.4, -0.2) is 17.0 Å². The molecule has 2 nitrogen and oxygen atoms in total. The van der Waals surface area contributed by atoms with E-state index in [0.29, 0.717) is 5.82 Å². The van der Waals surface area contributed by atoms with Gasteiger partial charge in [-0.3, -0.25) is 0 Å². The summed E-state index contributed by atoms with van der Waals surface area (Å²) in [5, 5.41) is 0. The summed E-state index contributed by atoms with van der Waals surface area (Å²) in [4.78, 5) is 4.09. The number of thioether (sulfide) groups is 1. The second-order valence-electron chi connectivity index (χ2n) is 3.09. The van der Waals surface area contributed by atoms with Gasteiger partial charge >= 0.3 is 0 Å². The van der Waals surface area contributed by atoms with Crippen molar-refractivity contribution in [1.82, 2.24) is 4.98 Å². The van der Waals surface area contributed by atoms with E-state index in [1.807, 2.05) is 17.8 Å². The highest BCUT2D eigenvalue weighted by molar-refractivity contribution is 7.98. The number of nitrogens with zero attached hydrogens (tertiary/aromatic N) is 1. The van der Waals surface area contributed by atoms with Crippen molar-refractivity contribution in [2.24, 2.45) is 0 Å². The zero-order chi connectivity index (χ0) is 9.68. The molecule has 0 bridgehead atoms. The lowest BCUT2D eigenvalue weighted by Crippen LogP contribution is -2.00. The molecule has 0 atom stereocenters. The molecule has 72 valence electrons. The Kier molecular flexibility index (Phi) is 4.09. The van der Waals surface area contributed by atoms with Crippen LogP contribution in [0.1, 0.15) is 17.5 Å². The molecule has 2 N–H and O–H groups in total. The first-order valence-electron chi connectivity index (χ1n) is 4.44. The van der Waals surface area contributed by atoms with E-state index in [9.17, 15) is 0 Å². The van der Waals surface area contributed by atoms with Crippen molar-refractivity contribution in [1.29, 1.82) is 0 Å². The van der Waals surface area contributed by atoms with Gasteiger partial charge < -0.3 is 5.73 Å². The van der Waals surface area contributed by atoms with Crippen LogP contribution in [0.15, 0.2) is 12.3 Å². The third-order valence-corrected chi connectivity index (χ3v) is 2.80. The van der Waals surface area contributed by atoms with Gasteiger partial charge in [-0.1, -0.05) is 0 Å². The van der Waals surface area contributed by atoms with Gasteiger partial charge in [0.05, 0.1) is 0 Å². The molecule has 0 saturated heterocycles. The summed E-state index contributed by atoms with van der Waals surface area (Å²) in [7, 11) is 0. The van der Waals surface area contributed by atoms with E-state index in [4.69, 9.17) is 5.73 Å². The van der Waals surface area contributed by atoms with Gasteiger partial charge in [-0.05, 0) is 49.0 Å². The normalized spacial score (nSPS) is 10.3. The average Bonchev–Trinajstić information content (AvgIpc) is 2.10. The summed E-state index contributed by atoms with van der Waals surface area (Å²) in [6.07, 6.45) is 6.12. The van der Waals surface area contributed by atoms with Gasteiger partial charge in [0.2, 0.25) is 0 Å². The quantitative estimate of drug-likeness (QED) is 0.751. The fraction of sp³-hybridized carbons (Fsp3) is 0.500. The highest BCUT2D eigenvalue weighted by Crippen LogP contribution is 2.16. The summed E-state index contributed by atoms with van der Waals surface area (Å²) >= 11 is 1.87. The zero-order valence-corrected chi connectivity index (χ0v) is 9.03. The summed E-state index contributed by atoms with van der Waals surface area (Å²) in [5.74, 6) is 1.88. The number of anilines is 1. The second-order valence-corrected chi connectivity index (χ2v) is 4.07. The van der Waals surface area contributed by atoms with Crippen molar-refractivity contribution in [3.05, 3.63) is 23.4 Å². The molecule has 0 aliphatic carbocycles. The van der Waals surface area contributed by atoms with Crippen LogP contribution >= 0.6 is 11.8 Å². The Hall–Kier alpha value is -0.700. The molecule has 1 heterocycles. The van der Waals surface area contributed by atoms with E-state index in [2.05, 4.69) is 18.2 Å². The number of aromatic nitrogens is 1. The predicted molar refractivity (Wildman–Crippen MR) is 60.1 cm³/mol. The topological polar surface area (TPSA) is 38.9 Å². The number of hydrogen-bond acceptors (Lipinski definition) is 3. The molecular weight excluding hydrogens is 180 g/mol. The lowest BCUT2D eigenvalue weighted by molar-refractivity contribution is 0.919. The summed E-state index contributed by atoms with van der Waals surface area (Å²) in [5.41, 5.74) is 8.26. The van der Waals surface area contributed by atoms with Crippen molar-refractivity contribution in [3.63, 3.8) is 0 Å². The Morgan fingerprint density at radius 3 is 2.92 bits per heavy atom. The number of hydrogen-bond donors (Lipinski definition) is 1. The van der Waals surface area contributed by atoms with Crippen LogP contribution in [0.4, 0.5) is 5.82 Å². The first-order chi connectivity index (χ1) is 6.25. The first-order valence-corrected chi connectivity index (χ1v) is 5.84. The highest BCUT2D eigenvalue weighted by Gasteiger charge is 2.02. The van der Waals surface area contributed by atoms with Gasteiger partial charge in [-0.25, -0.2) is 4.98 Å². The van der Waals surface area contributed by atoms with Gasteiger partial charge in [-0.2, -0.15) is 11.8 Å². The first kappa shape index (κ1) is 10.4. The third kappa shape index (κ3) is 2.92. The molecule has 0 aliphatic rings. The number of aryl methyl sites for hydroxylation is 1. The molecule has 0 spiro atoms. The second kappa shape index (κ2) is 5.12. The lowest BCUT2D eigenvalue weighted by atomic mass is 10.1. The van der Waals surface area contributed by atoms with Crippen molar-refractivity contribution in [2.45, 2.75) is 19.8 Å². The van der Waals surface area contributed by atoms with E-state index in [1.54, 1.807) is 6.20 Å². The average molecular weight is 196 g/mol. The smallest absolute Gasteiger partial charge is 0.126 e. The van der Waals surface area contributed by atoms with Crippen LogP contribution in [0.3, 0.4) is 0 Å². The minimum atomic E-state index is 0.695. The summed E-state index contributed by atoms with van der Waals surface area (Å²) in [6, 6.07) is 2.02. The molecule has 0 fully saturated rings. The Balaban J connectivity index is 2.64. The molecule has 0 aliphatic heterocycles. The third-order valence-electron chi connectivity index (χ3n) is 2.10. The van der Waals surface area contributed by atoms with E-state index >= 15 is 0 Å². The Morgan fingerprint density at radius 2 is 2.31 bits per heavy atom. The standard InChI is InChI=1S/C10H16N2S/c1-8-5-6-12-10(11)9(8)4-3-7-13-2/h5-6H,3-4,7H2,1-2H3,(H2,11,12). The molecule has 3 heteroatoms. The number of rotatable bonds is 4. The molecule has 13 heavy (non-hydrogen) atoms. The lowest BCUT2D eigenvalue weighted by Gasteiger charge is -2.07. The van der Waals surface area contributed by atoms with Gasteiger partial charge in [0, 0.05) is 6.20 Å². The minimum absolute atomic E-state index is 0.695. The maximum atomic E-state index is 5.79. The van der Waals surface area contributed by atoms with Crippen LogP contribution in [0, 0.1) is 6.92 Å². The van der Waals surface area contributed by atoms with Crippen LogP contribution in [0.25, 0.3) is 0 Å². The molecule has 1 aromatic rings. The van der Waals surface area contributed by atoms with Gasteiger partial charge in [0.1, 0.15) is 5.82 Å². The van der Waals surface area contributed by atoms with E-state index in [-0.39, 0.29) is 0 Å². The Bertz CT molecular complexity index is 253. The maximum Gasteiger partial charge on any atom is 0.126 e. The Labute approximate surface area is 83.9 Å². The fourth-order valence-corrected chi connectivity index (χ4v) is 1.76. The van der Waals surface area contributed by atoms with Crippen molar-refractivity contribution in [2.75, 3.05) is 17.7 Å². The molecular formula is C10H16N2S. The van der Waals surface area contributed by atoms with Gasteiger partial charge in [0.15, 0.2) is 0 Å². The molecule has 0 amide bonds. The molecule has 0 aromatic carbocycles. The number of nitrogen functional groups attached to an aromatic ring is 1. The van der Waals surface area contributed by atoms with Crippen LogP contribution in [0.2, 0.25) is 0 Å². The minimum Gasteiger partial charge on any atom is -0.383 e. The number of nitrogens with two attached hydrogens (primary N) is 1. The SMILES string of the molecule is CSCCCc1c(C)ccnc1N. The molecule has 1 rings (SSSR count). The molecule has 0 saturated carbocycles.